The number of hydrogen-bond acceptors (Lipinski definition) is 6. The molecular weight excluding hydrogens is 456 g/mol. The van der Waals surface area contributed by atoms with Crippen LogP contribution >= 0.6 is 0 Å². The normalized spacial score (nSPS) is 19.2. The summed E-state index contributed by atoms with van der Waals surface area (Å²) in [7, 11) is 0.409. The van der Waals surface area contributed by atoms with Crippen molar-refractivity contribution >= 4 is 15.9 Å². The van der Waals surface area contributed by atoms with E-state index < -0.39 is 10.0 Å². The van der Waals surface area contributed by atoms with Gasteiger partial charge in [0.1, 0.15) is 11.4 Å². The highest BCUT2D eigenvalue weighted by Gasteiger charge is 2.42. The summed E-state index contributed by atoms with van der Waals surface area (Å²) in [6.07, 6.45) is 6.01. The summed E-state index contributed by atoms with van der Waals surface area (Å²) in [4.78, 5) is 13.0. The van der Waals surface area contributed by atoms with Crippen molar-refractivity contribution in [3.8, 4) is 17.2 Å². The second-order valence-corrected chi connectivity index (χ2v) is 11.0. The minimum absolute atomic E-state index is 0.0259. The Bertz CT molecular complexity index is 1140. The van der Waals surface area contributed by atoms with Crippen LogP contribution in [-0.4, -0.2) is 52.0 Å². The summed E-state index contributed by atoms with van der Waals surface area (Å²) in [6, 6.07) is 11.9. The molecule has 34 heavy (non-hydrogen) atoms. The first kappa shape index (κ1) is 24.3. The molecule has 2 aromatic carbocycles. The van der Waals surface area contributed by atoms with Gasteiger partial charge in [-0.3, -0.25) is 4.79 Å². The first-order chi connectivity index (χ1) is 16.3. The number of carbonyl (C=O) groups excluding carboxylic acids is 1. The van der Waals surface area contributed by atoms with Gasteiger partial charge >= 0.3 is 0 Å². The number of amides is 1. The average molecular weight is 489 g/mol. The number of para-hydroxylation sites is 1. The molecule has 1 N–H and O–H groups in total. The molecule has 2 aliphatic rings. The second kappa shape index (κ2) is 9.84. The number of carbonyl (C=O) groups is 1. The highest BCUT2D eigenvalue weighted by atomic mass is 32.2. The van der Waals surface area contributed by atoms with E-state index in [1.807, 2.05) is 24.3 Å². The van der Waals surface area contributed by atoms with Gasteiger partial charge in [-0.1, -0.05) is 24.6 Å². The number of rotatable bonds is 7. The molecule has 184 valence electrons. The summed E-state index contributed by atoms with van der Waals surface area (Å²) >= 11 is 0. The maximum absolute atomic E-state index is 13.1. The van der Waals surface area contributed by atoms with Crippen LogP contribution in [0.2, 0.25) is 0 Å². The zero-order valence-corrected chi connectivity index (χ0v) is 20.7. The standard InChI is InChI=1S/C25H32N2O6S/c1-27(34(29,30)18-11-12-22(31-2)23(15-18)32-3)17-24(28)26-20-16-25(13-7-4-8-14-25)33-21-10-6-5-9-19(20)21/h5-6,9-12,15,20H,4,7-8,13-14,16-17H2,1-3H3,(H,26,28)/t20-/m0/s1. The number of ether oxygens (including phenoxy) is 3. The Kier molecular flexibility index (Phi) is 7.04. The highest BCUT2D eigenvalue weighted by Crippen LogP contribution is 2.46. The summed E-state index contributed by atoms with van der Waals surface area (Å²) in [5.41, 5.74) is 0.653. The van der Waals surface area contributed by atoms with Gasteiger partial charge in [-0.15, -0.1) is 0 Å². The van der Waals surface area contributed by atoms with Crippen LogP contribution in [0.1, 0.15) is 50.1 Å². The van der Waals surface area contributed by atoms with Gasteiger partial charge in [0.25, 0.3) is 0 Å². The predicted molar refractivity (Wildman–Crippen MR) is 128 cm³/mol. The molecule has 1 fully saturated rings. The quantitative estimate of drug-likeness (QED) is 0.639. The van der Waals surface area contributed by atoms with Crippen LogP contribution in [0.5, 0.6) is 17.2 Å². The third-order valence-corrected chi connectivity index (χ3v) is 8.53. The molecule has 8 nitrogen and oxygen atoms in total. The minimum atomic E-state index is -3.91. The summed E-state index contributed by atoms with van der Waals surface area (Å²) in [5.74, 6) is 1.17. The third kappa shape index (κ3) is 4.86. The lowest BCUT2D eigenvalue weighted by atomic mass is 9.77. The van der Waals surface area contributed by atoms with Crippen LogP contribution in [0, 0.1) is 0 Å². The summed E-state index contributed by atoms with van der Waals surface area (Å²) in [5, 5.41) is 3.07. The molecule has 4 rings (SSSR count). The minimum Gasteiger partial charge on any atom is -0.493 e. The highest BCUT2D eigenvalue weighted by molar-refractivity contribution is 7.89. The van der Waals surface area contributed by atoms with Gasteiger partial charge in [0, 0.05) is 25.1 Å². The van der Waals surface area contributed by atoms with E-state index in [0.29, 0.717) is 17.9 Å². The van der Waals surface area contributed by atoms with E-state index in [1.165, 1.54) is 45.9 Å². The Morgan fingerprint density at radius 2 is 1.79 bits per heavy atom. The number of likely N-dealkylation sites (N-methyl/N-ethyl adjacent to an activating group) is 1. The van der Waals surface area contributed by atoms with Crippen molar-refractivity contribution in [2.45, 2.75) is 55.1 Å². The third-order valence-electron chi connectivity index (χ3n) is 6.73. The SMILES string of the molecule is COc1ccc(S(=O)(=O)N(C)CC(=O)N[C@H]2CC3(CCCCC3)Oc3ccccc32)cc1OC. The molecule has 0 saturated heterocycles. The molecule has 1 spiro atoms. The fourth-order valence-corrected chi connectivity index (χ4v) is 6.08. The van der Waals surface area contributed by atoms with Crippen LogP contribution < -0.4 is 19.5 Å². The van der Waals surface area contributed by atoms with Crippen molar-refractivity contribution < 1.29 is 27.4 Å². The maximum atomic E-state index is 13.1. The molecule has 1 atom stereocenters. The number of nitrogens with zero attached hydrogens (tertiary/aromatic N) is 1. The lowest BCUT2D eigenvalue weighted by Gasteiger charge is -2.44. The Morgan fingerprint density at radius 1 is 1.09 bits per heavy atom. The molecule has 1 aliphatic heterocycles. The first-order valence-corrected chi connectivity index (χ1v) is 13.0. The van der Waals surface area contributed by atoms with Crippen molar-refractivity contribution in [2.75, 3.05) is 27.8 Å². The molecule has 9 heteroatoms. The van der Waals surface area contributed by atoms with Crippen molar-refractivity contribution in [3.05, 3.63) is 48.0 Å². The Balaban J connectivity index is 1.49. The van der Waals surface area contributed by atoms with E-state index in [-0.39, 0.29) is 29.0 Å². The average Bonchev–Trinajstić information content (AvgIpc) is 2.83. The lowest BCUT2D eigenvalue weighted by Crippen LogP contribution is -2.48. The number of nitrogens with one attached hydrogen (secondary N) is 1. The Labute approximate surface area is 201 Å². The Morgan fingerprint density at radius 3 is 2.50 bits per heavy atom. The second-order valence-electron chi connectivity index (χ2n) is 8.99. The lowest BCUT2D eigenvalue weighted by molar-refractivity contribution is -0.122. The van der Waals surface area contributed by atoms with Gasteiger partial charge in [0.05, 0.1) is 31.7 Å². The smallest absolute Gasteiger partial charge is 0.243 e. The number of benzene rings is 2. The summed E-state index contributed by atoms with van der Waals surface area (Å²) < 4.78 is 44.1. The zero-order valence-electron chi connectivity index (χ0n) is 19.9. The molecular formula is C25H32N2O6S. The van der Waals surface area contributed by atoms with Gasteiger partial charge in [-0.25, -0.2) is 8.42 Å². The fraction of sp³-hybridized carbons (Fsp3) is 0.480. The molecule has 1 saturated carbocycles. The fourth-order valence-electron chi connectivity index (χ4n) is 4.93. The van der Waals surface area contributed by atoms with Crippen molar-refractivity contribution in [1.82, 2.24) is 9.62 Å². The van der Waals surface area contributed by atoms with E-state index in [1.54, 1.807) is 0 Å². The Hall–Kier alpha value is -2.78. The maximum Gasteiger partial charge on any atom is 0.243 e. The van der Waals surface area contributed by atoms with E-state index in [2.05, 4.69) is 5.32 Å². The van der Waals surface area contributed by atoms with Crippen LogP contribution in [0.4, 0.5) is 0 Å². The number of fused-ring (bicyclic) bond motifs is 1. The van der Waals surface area contributed by atoms with Gasteiger partial charge < -0.3 is 19.5 Å². The van der Waals surface area contributed by atoms with Crippen molar-refractivity contribution in [3.63, 3.8) is 0 Å². The predicted octanol–water partition coefficient (Wildman–Crippen LogP) is 3.67. The number of methoxy groups -OCH3 is 2. The van der Waals surface area contributed by atoms with E-state index in [4.69, 9.17) is 14.2 Å². The van der Waals surface area contributed by atoms with Crippen LogP contribution in [0.3, 0.4) is 0 Å². The molecule has 1 heterocycles. The van der Waals surface area contributed by atoms with E-state index in [9.17, 15) is 13.2 Å². The molecule has 0 aromatic heterocycles. The van der Waals surface area contributed by atoms with Crippen LogP contribution in [-0.2, 0) is 14.8 Å². The molecule has 1 amide bonds. The molecule has 0 bridgehead atoms. The molecule has 0 radical (unpaired) electrons. The van der Waals surface area contributed by atoms with E-state index in [0.717, 1.165) is 41.3 Å². The van der Waals surface area contributed by atoms with Gasteiger partial charge in [-0.2, -0.15) is 4.31 Å². The largest absolute Gasteiger partial charge is 0.493 e. The van der Waals surface area contributed by atoms with Crippen molar-refractivity contribution in [1.29, 1.82) is 0 Å². The zero-order chi connectivity index (χ0) is 24.3. The van der Waals surface area contributed by atoms with Crippen LogP contribution in [0.15, 0.2) is 47.4 Å². The van der Waals surface area contributed by atoms with Gasteiger partial charge in [-0.05, 0) is 43.9 Å². The molecule has 1 aliphatic carbocycles. The van der Waals surface area contributed by atoms with E-state index >= 15 is 0 Å². The van der Waals surface area contributed by atoms with Gasteiger partial charge in [0.2, 0.25) is 15.9 Å². The molecule has 2 aromatic rings. The first-order valence-electron chi connectivity index (χ1n) is 11.5. The van der Waals surface area contributed by atoms with Gasteiger partial charge in [0.15, 0.2) is 11.5 Å². The number of sulfonamides is 1. The molecule has 0 unspecified atom stereocenters. The van der Waals surface area contributed by atoms with Crippen LogP contribution in [0.25, 0.3) is 0 Å². The number of hydrogen-bond donors (Lipinski definition) is 1. The topological polar surface area (TPSA) is 94.2 Å². The van der Waals surface area contributed by atoms with Crippen molar-refractivity contribution in [2.24, 2.45) is 0 Å². The summed E-state index contributed by atoms with van der Waals surface area (Å²) in [6.45, 7) is -0.302. The monoisotopic (exact) mass is 488 g/mol.